The number of isocyanates is 1. The summed E-state index contributed by atoms with van der Waals surface area (Å²) in [5.74, 6) is 0. The van der Waals surface area contributed by atoms with Crippen LogP contribution in [0.4, 0.5) is 0 Å². The minimum absolute atomic E-state index is 0.229. The van der Waals surface area contributed by atoms with E-state index in [9.17, 15) is 4.79 Å². The fraction of sp³-hybridized carbons (Fsp3) is 0.222. The van der Waals surface area contributed by atoms with Crippen LogP contribution in [0.1, 0.15) is 18.5 Å². The summed E-state index contributed by atoms with van der Waals surface area (Å²) in [6.45, 7) is 1.78. The van der Waals surface area contributed by atoms with Crippen molar-refractivity contribution in [1.29, 1.82) is 0 Å². The predicted octanol–water partition coefficient (Wildman–Crippen LogP) is 3.39. The molecule has 1 atom stereocenters. The van der Waals surface area contributed by atoms with E-state index in [4.69, 9.17) is 23.2 Å². The molecule has 0 aromatic heterocycles. The monoisotopic (exact) mass is 215 g/mol. The molecular weight excluding hydrogens is 209 g/mol. The Morgan fingerprint density at radius 2 is 2.08 bits per heavy atom. The van der Waals surface area contributed by atoms with Gasteiger partial charge < -0.3 is 0 Å². The van der Waals surface area contributed by atoms with Gasteiger partial charge in [0.15, 0.2) is 0 Å². The average Bonchev–Trinajstić information content (AvgIpc) is 2.10. The van der Waals surface area contributed by atoms with E-state index in [-0.39, 0.29) is 6.04 Å². The summed E-state index contributed by atoms with van der Waals surface area (Å²) in [4.78, 5) is 13.5. The zero-order chi connectivity index (χ0) is 9.84. The van der Waals surface area contributed by atoms with Crippen LogP contribution in [0.15, 0.2) is 23.2 Å². The first-order valence-corrected chi connectivity index (χ1v) is 4.42. The van der Waals surface area contributed by atoms with Gasteiger partial charge >= 0.3 is 0 Å². The third-order valence-corrected chi connectivity index (χ3v) is 2.41. The first-order chi connectivity index (χ1) is 6.15. The third kappa shape index (κ3) is 2.56. The number of hydrogen-bond acceptors (Lipinski definition) is 2. The molecule has 0 heterocycles. The molecule has 1 aromatic rings. The zero-order valence-electron chi connectivity index (χ0n) is 6.92. The second kappa shape index (κ2) is 4.43. The van der Waals surface area contributed by atoms with Gasteiger partial charge in [0.1, 0.15) is 0 Å². The van der Waals surface area contributed by atoms with Crippen molar-refractivity contribution in [2.45, 2.75) is 13.0 Å². The summed E-state index contributed by atoms with van der Waals surface area (Å²) in [7, 11) is 0. The fourth-order valence-electron chi connectivity index (χ4n) is 0.926. The van der Waals surface area contributed by atoms with Gasteiger partial charge in [0.05, 0.1) is 16.1 Å². The minimum atomic E-state index is -0.229. The molecule has 0 saturated heterocycles. The van der Waals surface area contributed by atoms with Crippen LogP contribution in [0.3, 0.4) is 0 Å². The van der Waals surface area contributed by atoms with E-state index in [2.05, 4.69) is 4.99 Å². The maximum Gasteiger partial charge on any atom is 0.235 e. The van der Waals surface area contributed by atoms with Crippen LogP contribution in [-0.2, 0) is 4.79 Å². The first-order valence-electron chi connectivity index (χ1n) is 3.67. The SMILES string of the molecule is C[C@H](N=C=O)c1ccc(Cl)c(Cl)c1. The lowest BCUT2D eigenvalue weighted by molar-refractivity contribution is 0.559. The van der Waals surface area contributed by atoms with Gasteiger partial charge in [-0.05, 0) is 24.6 Å². The highest BCUT2D eigenvalue weighted by Gasteiger charge is 2.05. The Morgan fingerprint density at radius 3 is 2.62 bits per heavy atom. The van der Waals surface area contributed by atoms with Crippen molar-refractivity contribution in [3.63, 3.8) is 0 Å². The van der Waals surface area contributed by atoms with Crippen molar-refractivity contribution in [2.75, 3.05) is 0 Å². The molecule has 0 unspecified atom stereocenters. The van der Waals surface area contributed by atoms with E-state index in [1.807, 2.05) is 0 Å². The van der Waals surface area contributed by atoms with Crippen LogP contribution >= 0.6 is 23.2 Å². The van der Waals surface area contributed by atoms with E-state index >= 15 is 0 Å². The summed E-state index contributed by atoms with van der Waals surface area (Å²) in [5.41, 5.74) is 0.845. The molecule has 68 valence electrons. The number of rotatable bonds is 2. The molecule has 1 rings (SSSR count). The van der Waals surface area contributed by atoms with Crippen LogP contribution in [0.5, 0.6) is 0 Å². The Morgan fingerprint density at radius 1 is 1.38 bits per heavy atom. The predicted molar refractivity (Wildman–Crippen MR) is 53.0 cm³/mol. The summed E-state index contributed by atoms with van der Waals surface area (Å²) in [6, 6.07) is 4.91. The molecule has 1 aromatic carbocycles. The molecule has 2 nitrogen and oxygen atoms in total. The second-order valence-electron chi connectivity index (χ2n) is 2.57. The number of carbonyl (C=O) groups excluding carboxylic acids is 1. The van der Waals surface area contributed by atoms with Gasteiger partial charge in [-0.1, -0.05) is 29.3 Å². The van der Waals surface area contributed by atoms with Crippen LogP contribution in [0.2, 0.25) is 10.0 Å². The molecule has 0 N–H and O–H groups in total. The Hall–Kier alpha value is -0.820. The molecular formula is C9H7Cl2NO. The topological polar surface area (TPSA) is 29.4 Å². The number of halogens is 2. The van der Waals surface area contributed by atoms with Gasteiger partial charge in [-0.2, -0.15) is 4.99 Å². The Bertz CT molecular complexity index is 359. The average molecular weight is 216 g/mol. The molecule has 0 aliphatic heterocycles. The molecule has 0 fully saturated rings. The number of hydrogen-bond donors (Lipinski definition) is 0. The lowest BCUT2D eigenvalue weighted by Gasteiger charge is -2.05. The molecule has 0 saturated carbocycles. The van der Waals surface area contributed by atoms with Crippen molar-refractivity contribution >= 4 is 29.3 Å². The van der Waals surface area contributed by atoms with Crippen molar-refractivity contribution in [2.24, 2.45) is 4.99 Å². The van der Waals surface area contributed by atoms with Crippen LogP contribution in [0.25, 0.3) is 0 Å². The molecule has 0 bridgehead atoms. The maximum absolute atomic E-state index is 9.99. The molecule has 0 amide bonds. The largest absolute Gasteiger partial charge is 0.235 e. The second-order valence-corrected chi connectivity index (χ2v) is 3.38. The molecule has 4 heteroatoms. The van der Waals surface area contributed by atoms with E-state index < -0.39 is 0 Å². The fourth-order valence-corrected chi connectivity index (χ4v) is 1.23. The van der Waals surface area contributed by atoms with Crippen LogP contribution < -0.4 is 0 Å². The molecule has 13 heavy (non-hydrogen) atoms. The van der Waals surface area contributed by atoms with Crippen LogP contribution in [0, 0.1) is 0 Å². The number of nitrogens with zero attached hydrogens (tertiary/aromatic N) is 1. The Balaban J connectivity index is 3.03. The Labute approximate surface area is 86.2 Å². The summed E-state index contributed by atoms with van der Waals surface area (Å²) in [5, 5.41) is 0.958. The molecule has 0 radical (unpaired) electrons. The lowest BCUT2D eigenvalue weighted by Crippen LogP contribution is -1.88. The van der Waals surface area contributed by atoms with Crippen molar-refractivity contribution < 1.29 is 4.79 Å². The van der Waals surface area contributed by atoms with Gasteiger partial charge in [0, 0.05) is 0 Å². The Kier molecular flexibility index (Phi) is 3.49. The number of benzene rings is 1. The molecule has 0 spiro atoms. The van der Waals surface area contributed by atoms with Gasteiger partial charge in [0.2, 0.25) is 6.08 Å². The highest BCUT2D eigenvalue weighted by atomic mass is 35.5. The maximum atomic E-state index is 9.99. The van der Waals surface area contributed by atoms with E-state index in [0.717, 1.165) is 5.56 Å². The smallest absolute Gasteiger partial charge is 0.211 e. The van der Waals surface area contributed by atoms with E-state index in [1.165, 1.54) is 6.08 Å². The van der Waals surface area contributed by atoms with E-state index in [1.54, 1.807) is 25.1 Å². The highest BCUT2D eigenvalue weighted by molar-refractivity contribution is 6.42. The highest BCUT2D eigenvalue weighted by Crippen LogP contribution is 2.26. The molecule has 0 aliphatic carbocycles. The lowest BCUT2D eigenvalue weighted by atomic mass is 10.1. The summed E-state index contributed by atoms with van der Waals surface area (Å²) >= 11 is 11.5. The third-order valence-electron chi connectivity index (χ3n) is 1.67. The quantitative estimate of drug-likeness (QED) is 0.550. The van der Waals surface area contributed by atoms with Crippen molar-refractivity contribution in [3.8, 4) is 0 Å². The van der Waals surface area contributed by atoms with Gasteiger partial charge in [-0.15, -0.1) is 0 Å². The standard InChI is InChI=1S/C9H7Cl2NO/c1-6(12-5-13)7-2-3-8(10)9(11)4-7/h2-4,6H,1H3/t6-/m0/s1. The minimum Gasteiger partial charge on any atom is -0.211 e. The van der Waals surface area contributed by atoms with Crippen molar-refractivity contribution in [1.82, 2.24) is 0 Å². The van der Waals surface area contributed by atoms with Crippen LogP contribution in [-0.4, -0.2) is 6.08 Å². The molecule has 0 aliphatic rings. The summed E-state index contributed by atoms with van der Waals surface area (Å²) < 4.78 is 0. The zero-order valence-corrected chi connectivity index (χ0v) is 8.43. The van der Waals surface area contributed by atoms with Gasteiger partial charge in [0.25, 0.3) is 0 Å². The first kappa shape index (κ1) is 10.3. The normalized spacial score (nSPS) is 11.9. The summed E-state index contributed by atoms with van der Waals surface area (Å²) in [6.07, 6.45) is 1.50. The number of aliphatic imine (C=N–C) groups is 1. The van der Waals surface area contributed by atoms with Crippen molar-refractivity contribution in [3.05, 3.63) is 33.8 Å². The van der Waals surface area contributed by atoms with E-state index in [0.29, 0.717) is 10.0 Å². The van der Waals surface area contributed by atoms with Gasteiger partial charge in [-0.25, -0.2) is 4.79 Å². The van der Waals surface area contributed by atoms with Gasteiger partial charge in [-0.3, -0.25) is 0 Å².